The van der Waals surface area contributed by atoms with E-state index in [1.807, 2.05) is 6.92 Å². The normalized spacial score (nSPS) is 9.69. The predicted molar refractivity (Wildman–Crippen MR) is 45.4 cm³/mol. The van der Waals surface area contributed by atoms with E-state index in [0.717, 1.165) is 6.42 Å². The van der Waals surface area contributed by atoms with Crippen LogP contribution >= 0.6 is 0 Å². The molecular formula is C8H16O5. The van der Waals surface area contributed by atoms with Gasteiger partial charge in [-0.05, 0) is 6.42 Å². The van der Waals surface area contributed by atoms with E-state index in [1.54, 1.807) is 0 Å². The predicted octanol–water partition coefficient (Wildman–Crippen LogP) is 1.17. The fourth-order valence-corrected chi connectivity index (χ4v) is 0.579. The number of methoxy groups -OCH3 is 1. The van der Waals surface area contributed by atoms with E-state index < -0.39 is 6.16 Å². The van der Waals surface area contributed by atoms with Crippen molar-refractivity contribution in [2.45, 2.75) is 13.3 Å². The first-order valence-corrected chi connectivity index (χ1v) is 4.17. The number of ether oxygens (including phenoxy) is 4. The highest BCUT2D eigenvalue weighted by Gasteiger charge is 2.01. The molecule has 13 heavy (non-hydrogen) atoms. The maximum atomic E-state index is 10.7. The highest BCUT2D eigenvalue weighted by atomic mass is 16.8. The summed E-state index contributed by atoms with van der Waals surface area (Å²) in [5.41, 5.74) is 0. The maximum Gasteiger partial charge on any atom is 0.510 e. The molecule has 0 aliphatic heterocycles. The summed E-state index contributed by atoms with van der Waals surface area (Å²) in [5.74, 6) is 0. The Kier molecular flexibility index (Phi) is 8.70. The van der Waals surface area contributed by atoms with Crippen LogP contribution < -0.4 is 0 Å². The highest BCUT2D eigenvalue weighted by Crippen LogP contribution is 1.86. The lowest BCUT2D eigenvalue weighted by Gasteiger charge is -2.05. The van der Waals surface area contributed by atoms with E-state index in [4.69, 9.17) is 4.74 Å². The molecular weight excluding hydrogens is 176 g/mol. The summed E-state index contributed by atoms with van der Waals surface area (Å²) in [6, 6.07) is 0. The number of rotatable bonds is 7. The Bertz CT molecular complexity index is 126. The molecule has 0 bridgehead atoms. The molecule has 0 aliphatic carbocycles. The van der Waals surface area contributed by atoms with Gasteiger partial charge in [-0.15, -0.1) is 0 Å². The van der Waals surface area contributed by atoms with Crippen molar-refractivity contribution in [3.63, 3.8) is 0 Å². The molecule has 0 radical (unpaired) electrons. The monoisotopic (exact) mass is 192 g/mol. The van der Waals surface area contributed by atoms with Crippen LogP contribution in [0, 0.1) is 0 Å². The van der Waals surface area contributed by atoms with E-state index in [-0.39, 0.29) is 13.4 Å². The Morgan fingerprint density at radius 1 is 1.15 bits per heavy atom. The van der Waals surface area contributed by atoms with Gasteiger partial charge in [-0.3, -0.25) is 0 Å². The quantitative estimate of drug-likeness (QED) is 0.344. The van der Waals surface area contributed by atoms with Crippen LogP contribution in [-0.2, 0) is 18.9 Å². The van der Waals surface area contributed by atoms with Crippen molar-refractivity contribution in [1.29, 1.82) is 0 Å². The zero-order valence-corrected chi connectivity index (χ0v) is 8.08. The number of carbonyl (C=O) groups is 1. The number of hydrogen-bond acceptors (Lipinski definition) is 5. The molecule has 0 aromatic heterocycles. The second-order valence-electron chi connectivity index (χ2n) is 2.26. The van der Waals surface area contributed by atoms with Crippen molar-refractivity contribution < 1.29 is 23.7 Å². The molecule has 0 aromatic carbocycles. The zero-order chi connectivity index (χ0) is 9.94. The van der Waals surface area contributed by atoms with Crippen LogP contribution in [0.15, 0.2) is 0 Å². The van der Waals surface area contributed by atoms with Gasteiger partial charge in [0.25, 0.3) is 0 Å². The van der Waals surface area contributed by atoms with Gasteiger partial charge in [-0.1, -0.05) is 6.92 Å². The van der Waals surface area contributed by atoms with Gasteiger partial charge in [0.15, 0.2) is 6.79 Å². The van der Waals surface area contributed by atoms with Crippen molar-refractivity contribution in [2.75, 3.05) is 33.7 Å². The molecule has 0 unspecified atom stereocenters. The average Bonchev–Trinajstić information content (AvgIpc) is 2.14. The average molecular weight is 192 g/mol. The fraction of sp³-hybridized carbons (Fsp3) is 0.875. The van der Waals surface area contributed by atoms with Crippen molar-refractivity contribution in [2.24, 2.45) is 0 Å². The Hall–Kier alpha value is -0.810. The highest BCUT2D eigenvalue weighted by molar-refractivity contribution is 5.59. The van der Waals surface area contributed by atoms with Crippen molar-refractivity contribution >= 4 is 6.16 Å². The topological polar surface area (TPSA) is 54.0 Å². The van der Waals surface area contributed by atoms with Crippen LogP contribution in [0.2, 0.25) is 0 Å². The lowest BCUT2D eigenvalue weighted by atomic mass is 10.5. The summed E-state index contributed by atoms with van der Waals surface area (Å²) in [6.45, 7) is 3.21. The Balaban J connectivity index is 3.08. The SMILES string of the molecule is CCCOCCOC(=O)OCOC. The van der Waals surface area contributed by atoms with E-state index in [1.165, 1.54) is 7.11 Å². The summed E-state index contributed by atoms with van der Waals surface area (Å²) in [5, 5.41) is 0. The molecule has 0 rings (SSSR count). The third-order valence-electron chi connectivity index (χ3n) is 1.09. The molecule has 0 spiro atoms. The first-order chi connectivity index (χ1) is 6.31. The summed E-state index contributed by atoms with van der Waals surface area (Å²) >= 11 is 0. The Morgan fingerprint density at radius 3 is 2.54 bits per heavy atom. The van der Waals surface area contributed by atoms with E-state index in [9.17, 15) is 4.79 Å². The summed E-state index contributed by atoms with van der Waals surface area (Å²) in [4.78, 5) is 10.7. The van der Waals surface area contributed by atoms with Crippen molar-refractivity contribution in [3.8, 4) is 0 Å². The largest absolute Gasteiger partial charge is 0.510 e. The molecule has 0 saturated carbocycles. The van der Waals surface area contributed by atoms with Crippen LogP contribution in [0.1, 0.15) is 13.3 Å². The second kappa shape index (κ2) is 9.28. The van der Waals surface area contributed by atoms with Gasteiger partial charge in [0.1, 0.15) is 6.61 Å². The second-order valence-corrected chi connectivity index (χ2v) is 2.26. The molecule has 0 aromatic rings. The van der Waals surface area contributed by atoms with Gasteiger partial charge in [0.2, 0.25) is 0 Å². The third kappa shape index (κ3) is 9.10. The van der Waals surface area contributed by atoms with Gasteiger partial charge in [0.05, 0.1) is 6.61 Å². The lowest BCUT2D eigenvalue weighted by Crippen LogP contribution is -2.13. The molecule has 5 nitrogen and oxygen atoms in total. The van der Waals surface area contributed by atoms with Crippen LogP contribution in [0.25, 0.3) is 0 Å². The molecule has 0 N–H and O–H groups in total. The molecule has 5 heteroatoms. The smallest absolute Gasteiger partial charge is 0.432 e. The minimum absolute atomic E-state index is 0.0886. The Labute approximate surface area is 77.9 Å². The molecule has 0 aliphatic rings. The van der Waals surface area contributed by atoms with Gasteiger partial charge in [-0.25, -0.2) is 4.79 Å². The first-order valence-electron chi connectivity index (χ1n) is 4.17. The van der Waals surface area contributed by atoms with E-state index >= 15 is 0 Å². The minimum Gasteiger partial charge on any atom is -0.432 e. The van der Waals surface area contributed by atoms with E-state index in [2.05, 4.69) is 14.2 Å². The minimum atomic E-state index is -0.734. The van der Waals surface area contributed by atoms with Gasteiger partial charge >= 0.3 is 6.16 Å². The molecule has 0 saturated heterocycles. The van der Waals surface area contributed by atoms with Crippen molar-refractivity contribution in [1.82, 2.24) is 0 Å². The maximum absolute atomic E-state index is 10.7. The van der Waals surface area contributed by atoms with Crippen LogP contribution in [0.3, 0.4) is 0 Å². The molecule has 78 valence electrons. The third-order valence-corrected chi connectivity index (χ3v) is 1.09. The molecule has 0 amide bonds. The van der Waals surface area contributed by atoms with Gasteiger partial charge in [0, 0.05) is 13.7 Å². The van der Waals surface area contributed by atoms with Gasteiger partial charge in [-0.2, -0.15) is 0 Å². The molecule has 0 fully saturated rings. The van der Waals surface area contributed by atoms with Gasteiger partial charge < -0.3 is 18.9 Å². The number of carbonyl (C=O) groups excluding carboxylic acids is 1. The first kappa shape index (κ1) is 12.2. The van der Waals surface area contributed by atoms with Crippen LogP contribution in [0.5, 0.6) is 0 Å². The Morgan fingerprint density at radius 2 is 1.92 bits per heavy atom. The zero-order valence-electron chi connectivity index (χ0n) is 8.08. The summed E-state index contributed by atoms with van der Waals surface area (Å²) in [6.07, 6.45) is 0.218. The number of hydrogen-bond donors (Lipinski definition) is 0. The van der Waals surface area contributed by atoms with E-state index in [0.29, 0.717) is 13.2 Å². The fourth-order valence-electron chi connectivity index (χ4n) is 0.579. The molecule has 0 atom stereocenters. The van der Waals surface area contributed by atoms with Crippen LogP contribution in [-0.4, -0.2) is 39.9 Å². The standard InChI is InChI=1S/C8H16O5/c1-3-4-11-5-6-12-8(9)13-7-10-2/h3-7H2,1-2H3. The van der Waals surface area contributed by atoms with Crippen LogP contribution in [0.4, 0.5) is 4.79 Å². The van der Waals surface area contributed by atoms with Crippen molar-refractivity contribution in [3.05, 3.63) is 0 Å². The summed E-state index contributed by atoms with van der Waals surface area (Å²) < 4.78 is 18.7. The lowest BCUT2D eigenvalue weighted by molar-refractivity contribution is -0.0332. The molecule has 0 heterocycles. The summed E-state index contributed by atoms with van der Waals surface area (Å²) in [7, 11) is 1.43.